The predicted molar refractivity (Wildman–Crippen MR) is 138 cm³/mol. The van der Waals surface area contributed by atoms with Gasteiger partial charge in [0.1, 0.15) is 29.8 Å². The molecule has 0 saturated carbocycles. The van der Waals surface area contributed by atoms with Crippen molar-refractivity contribution < 1.29 is 9.13 Å². The molecule has 1 aromatic carbocycles. The van der Waals surface area contributed by atoms with Crippen molar-refractivity contribution in [1.82, 2.24) is 24.3 Å². The molecular formula is C27H27FN8O. The standard InChI is InChI=1S/C27H27FN8O/c1-2-34-8-10-35(11-9-34)25-6-3-18(14-30-25)20-15-31-27(36-17-33-23(13-29)26(20)36)32-16-21-19-7-12-37-24(19)5-4-22(21)28/h3-6,14-15,17H,2,7-12,16H2,1H3,(H,31,32). The number of nitrogens with zero attached hydrogens (tertiary/aromatic N) is 7. The molecular weight excluding hydrogens is 471 g/mol. The first kappa shape index (κ1) is 23.2. The summed E-state index contributed by atoms with van der Waals surface area (Å²) in [5.74, 6) is 1.86. The maximum Gasteiger partial charge on any atom is 0.209 e. The van der Waals surface area contributed by atoms with Crippen molar-refractivity contribution in [3.63, 3.8) is 0 Å². The van der Waals surface area contributed by atoms with Crippen molar-refractivity contribution in [2.75, 3.05) is 49.5 Å². The minimum atomic E-state index is -0.282. The van der Waals surface area contributed by atoms with Crippen molar-refractivity contribution in [3.8, 4) is 22.9 Å². The zero-order valence-electron chi connectivity index (χ0n) is 20.6. The quantitative estimate of drug-likeness (QED) is 0.432. The predicted octanol–water partition coefficient (Wildman–Crippen LogP) is 3.49. The van der Waals surface area contributed by atoms with Crippen molar-refractivity contribution in [2.24, 2.45) is 0 Å². The number of imidazole rings is 1. The lowest BCUT2D eigenvalue weighted by Crippen LogP contribution is -2.46. The van der Waals surface area contributed by atoms with E-state index in [1.807, 2.05) is 18.3 Å². The van der Waals surface area contributed by atoms with E-state index >= 15 is 0 Å². The van der Waals surface area contributed by atoms with Gasteiger partial charge in [-0.25, -0.2) is 19.3 Å². The highest BCUT2D eigenvalue weighted by molar-refractivity contribution is 5.84. The van der Waals surface area contributed by atoms with Crippen LogP contribution in [0.1, 0.15) is 23.7 Å². The first-order valence-corrected chi connectivity index (χ1v) is 12.5. The minimum Gasteiger partial charge on any atom is -0.493 e. The van der Waals surface area contributed by atoms with Crippen LogP contribution in [0.15, 0.2) is 43.0 Å². The minimum absolute atomic E-state index is 0.238. The molecule has 0 spiro atoms. The van der Waals surface area contributed by atoms with Gasteiger partial charge in [-0.1, -0.05) is 6.92 Å². The Hall–Kier alpha value is -4.23. The molecule has 5 heterocycles. The number of fused-ring (bicyclic) bond motifs is 2. The Balaban J connectivity index is 1.28. The van der Waals surface area contributed by atoms with E-state index in [0.29, 0.717) is 35.8 Å². The lowest BCUT2D eigenvalue weighted by Gasteiger charge is -2.34. The van der Waals surface area contributed by atoms with Crippen LogP contribution in [-0.4, -0.2) is 63.6 Å². The molecule has 0 aliphatic carbocycles. The van der Waals surface area contributed by atoms with Crippen molar-refractivity contribution in [3.05, 3.63) is 65.6 Å². The number of aromatic nitrogens is 4. The number of likely N-dealkylation sites (N-methyl/N-ethyl adjacent to an activating group) is 1. The van der Waals surface area contributed by atoms with Crippen molar-refractivity contribution >= 4 is 17.3 Å². The Kier molecular flexibility index (Phi) is 6.06. The molecule has 2 aliphatic rings. The smallest absolute Gasteiger partial charge is 0.209 e. The van der Waals surface area contributed by atoms with Gasteiger partial charge in [0.05, 0.1) is 12.1 Å². The summed E-state index contributed by atoms with van der Waals surface area (Å²) < 4.78 is 21.9. The van der Waals surface area contributed by atoms with Crippen LogP contribution in [0.5, 0.6) is 5.75 Å². The number of anilines is 2. The number of pyridine rings is 1. The van der Waals surface area contributed by atoms with E-state index in [1.165, 1.54) is 6.07 Å². The van der Waals surface area contributed by atoms with Gasteiger partial charge in [0.2, 0.25) is 5.95 Å². The molecule has 0 unspecified atom stereocenters. The summed E-state index contributed by atoms with van der Waals surface area (Å²) >= 11 is 0. The second-order valence-electron chi connectivity index (χ2n) is 9.20. The molecule has 37 heavy (non-hydrogen) atoms. The van der Waals surface area contributed by atoms with Crippen LogP contribution in [0, 0.1) is 17.1 Å². The highest BCUT2D eigenvalue weighted by Crippen LogP contribution is 2.32. The topological polar surface area (TPSA) is 94.6 Å². The van der Waals surface area contributed by atoms with Gasteiger partial charge in [-0.05, 0) is 30.8 Å². The third-order valence-electron chi connectivity index (χ3n) is 7.24. The molecule has 9 nitrogen and oxygen atoms in total. The van der Waals surface area contributed by atoms with Crippen LogP contribution >= 0.6 is 0 Å². The number of hydrogen-bond donors (Lipinski definition) is 1. The zero-order valence-corrected chi connectivity index (χ0v) is 20.6. The summed E-state index contributed by atoms with van der Waals surface area (Å²) in [5, 5.41) is 13.0. The molecule has 2 aliphatic heterocycles. The molecule has 0 atom stereocenters. The average Bonchev–Trinajstić information content (AvgIpc) is 3.60. The highest BCUT2D eigenvalue weighted by atomic mass is 19.1. The van der Waals surface area contributed by atoms with Crippen molar-refractivity contribution in [1.29, 1.82) is 5.26 Å². The van der Waals surface area contributed by atoms with E-state index < -0.39 is 0 Å². The largest absolute Gasteiger partial charge is 0.493 e. The van der Waals surface area contributed by atoms with Crippen LogP contribution in [0.25, 0.3) is 16.6 Å². The second kappa shape index (κ2) is 9.67. The summed E-state index contributed by atoms with van der Waals surface area (Å²) in [6.45, 7) is 8.00. The summed E-state index contributed by atoms with van der Waals surface area (Å²) in [5.41, 5.74) is 3.98. The summed E-state index contributed by atoms with van der Waals surface area (Å²) in [4.78, 5) is 18.3. The van der Waals surface area contributed by atoms with E-state index in [-0.39, 0.29) is 12.4 Å². The van der Waals surface area contributed by atoms with Gasteiger partial charge >= 0.3 is 0 Å². The lowest BCUT2D eigenvalue weighted by atomic mass is 10.0. The lowest BCUT2D eigenvalue weighted by molar-refractivity contribution is 0.270. The summed E-state index contributed by atoms with van der Waals surface area (Å²) in [6, 6.07) is 9.31. The number of piperazine rings is 1. The average molecular weight is 499 g/mol. The Morgan fingerprint density at radius 3 is 2.70 bits per heavy atom. The molecule has 0 bridgehead atoms. The number of rotatable bonds is 6. The van der Waals surface area contributed by atoms with Gasteiger partial charge in [-0.15, -0.1) is 0 Å². The fraction of sp³-hybridized carbons (Fsp3) is 0.333. The maximum absolute atomic E-state index is 14.6. The highest BCUT2D eigenvalue weighted by Gasteiger charge is 2.21. The first-order valence-electron chi connectivity index (χ1n) is 12.5. The number of benzene rings is 1. The summed E-state index contributed by atoms with van der Waals surface area (Å²) in [6.07, 6.45) is 5.78. The number of halogens is 1. The summed E-state index contributed by atoms with van der Waals surface area (Å²) in [7, 11) is 0. The first-order chi connectivity index (χ1) is 18.2. The number of ether oxygens (including phenoxy) is 1. The second-order valence-corrected chi connectivity index (χ2v) is 9.20. The fourth-order valence-corrected chi connectivity index (χ4v) is 5.14. The molecule has 4 aromatic rings. The molecule has 1 saturated heterocycles. The molecule has 1 N–H and O–H groups in total. The van der Waals surface area contributed by atoms with Crippen LogP contribution < -0.4 is 15.0 Å². The van der Waals surface area contributed by atoms with Crippen LogP contribution in [-0.2, 0) is 13.0 Å². The monoisotopic (exact) mass is 498 g/mol. The van der Waals surface area contributed by atoms with E-state index in [9.17, 15) is 9.65 Å². The van der Waals surface area contributed by atoms with E-state index in [1.54, 1.807) is 23.0 Å². The molecule has 0 amide bonds. The molecule has 188 valence electrons. The molecule has 10 heteroatoms. The van der Waals surface area contributed by atoms with Gasteiger partial charge in [-0.3, -0.25) is 4.40 Å². The van der Waals surface area contributed by atoms with E-state index in [0.717, 1.165) is 61.0 Å². The van der Waals surface area contributed by atoms with E-state index in [4.69, 9.17) is 9.72 Å². The fourth-order valence-electron chi connectivity index (χ4n) is 5.14. The Labute approximate surface area is 214 Å². The van der Waals surface area contributed by atoms with E-state index in [2.05, 4.69) is 38.1 Å². The number of hydrogen-bond acceptors (Lipinski definition) is 8. The molecule has 0 radical (unpaired) electrons. The number of nitriles is 1. The van der Waals surface area contributed by atoms with Crippen LogP contribution in [0.4, 0.5) is 16.2 Å². The van der Waals surface area contributed by atoms with Crippen LogP contribution in [0.3, 0.4) is 0 Å². The SMILES string of the molecule is CCN1CCN(c2ccc(-c3cnc(NCc4c(F)ccc5c4CCO5)n4cnc(C#N)c34)cn2)CC1. The molecule has 3 aromatic heterocycles. The van der Waals surface area contributed by atoms with Gasteiger partial charge < -0.3 is 19.9 Å². The molecule has 1 fully saturated rings. The Morgan fingerprint density at radius 1 is 1.08 bits per heavy atom. The zero-order chi connectivity index (χ0) is 25.4. The Morgan fingerprint density at radius 2 is 1.95 bits per heavy atom. The van der Waals surface area contributed by atoms with Crippen LogP contribution in [0.2, 0.25) is 0 Å². The Bertz CT molecular complexity index is 1490. The van der Waals surface area contributed by atoms with Gasteiger partial charge in [0.15, 0.2) is 5.69 Å². The van der Waals surface area contributed by atoms with Gasteiger partial charge in [-0.2, -0.15) is 5.26 Å². The number of nitrogens with one attached hydrogen (secondary N) is 1. The van der Waals surface area contributed by atoms with Gasteiger partial charge in [0, 0.05) is 73.8 Å². The molecule has 6 rings (SSSR count). The maximum atomic E-state index is 14.6. The third kappa shape index (κ3) is 4.21. The normalized spacial score (nSPS) is 15.4. The van der Waals surface area contributed by atoms with Gasteiger partial charge in [0.25, 0.3) is 0 Å². The van der Waals surface area contributed by atoms with Crippen molar-refractivity contribution in [2.45, 2.75) is 19.9 Å². The third-order valence-corrected chi connectivity index (χ3v) is 7.24.